The number of hydrogen-bond acceptors (Lipinski definition) is 3. The highest BCUT2D eigenvalue weighted by molar-refractivity contribution is 5.94. The molecule has 0 aliphatic carbocycles. The number of fused-ring (bicyclic) bond motifs is 1. The summed E-state index contributed by atoms with van der Waals surface area (Å²) >= 11 is 0. The molecule has 21 heavy (non-hydrogen) atoms. The second kappa shape index (κ2) is 5.87. The zero-order valence-corrected chi connectivity index (χ0v) is 12.0. The van der Waals surface area contributed by atoms with Gasteiger partial charge in [0.05, 0.1) is 6.54 Å². The molecule has 0 aromatic heterocycles. The molecule has 2 aromatic rings. The highest BCUT2D eigenvalue weighted by atomic mass is 16.5. The van der Waals surface area contributed by atoms with Crippen LogP contribution < -0.4 is 15.0 Å². The topological polar surface area (TPSA) is 41.6 Å². The van der Waals surface area contributed by atoms with Crippen molar-refractivity contribution in [2.75, 3.05) is 25.1 Å². The van der Waals surface area contributed by atoms with Crippen LogP contribution in [0.4, 0.5) is 5.69 Å². The minimum absolute atomic E-state index is 0.0921. The molecule has 1 amide bonds. The lowest BCUT2D eigenvalue weighted by atomic mass is 10.1. The molecule has 1 aliphatic rings. The molecule has 1 heterocycles. The van der Waals surface area contributed by atoms with Crippen LogP contribution in [0.2, 0.25) is 0 Å². The van der Waals surface area contributed by atoms with Gasteiger partial charge in [-0.2, -0.15) is 0 Å². The van der Waals surface area contributed by atoms with Crippen molar-refractivity contribution in [2.24, 2.45) is 0 Å². The lowest BCUT2D eigenvalue weighted by Gasteiger charge is -2.21. The first-order valence-electron chi connectivity index (χ1n) is 7.06. The van der Waals surface area contributed by atoms with Gasteiger partial charge >= 0.3 is 0 Å². The summed E-state index contributed by atoms with van der Waals surface area (Å²) in [5, 5.41) is 2.63. The zero-order chi connectivity index (χ0) is 14.7. The molecule has 0 unspecified atom stereocenters. The van der Waals surface area contributed by atoms with Crippen LogP contribution in [-0.2, 0) is 6.54 Å². The molecule has 3 rings (SSSR count). The maximum Gasteiger partial charge on any atom is 0.251 e. The number of nitrogens with one attached hydrogen (secondary N) is 1. The minimum atomic E-state index is -0.0921. The monoisotopic (exact) mass is 282 g/mol. The van der Waals surface area contributed by atoms with Crippen molar-refractivity contribution >= 4 is 11.6 Å². The smallest absolute Gasteiger partial charge is 0.251 e. The first-order valence-corrected chi connectivity index (χ1v) is 7.06. The number of carbonyl (C=O) groups is 1. The molecule has 1 N–H and O–H groups in total. The molecule has 4 heteroatoms. The Labute approximate surface area is 124 Å². The fourth-order valence-corrected chi connectivity index (χ4v) is 2.51. The SMILES string of the molecule is CNC(=O)c1ccc2c(c1)OCCN(c1ccccc1)C2. The summed E-state index contributed by atoms with van der Waals surface area (Å²) in [4.78, 5) is 14.0. The fraction of sp³-hybridized carbons (Fsp3) is 0.235. The summed E-state index contributed by atoms with van der Waals surface area (Å²) in [6.07, 6.45) is 0. The van der Waals surface area contributed by atoms with Crippen molar-refractivity contribution in [3.63, 3.8) is 0 Å². The minimum Gasteiger partial charge on any atom is -0.491 e. The third-order valence-electron chi connectivity index (χ3n) is 3.66. The second-order valence-corrected chi connectivity index (χ2v) is 5.01. The van der Waals surface area contributed by atoms with Gasteiger partial charge in [-0.3, -0.25) is 4.79 Å². The number of anilines is 1. The Balaban J connectivity index is 1.88. The lowest BCUT2D eigenvalue weighted by molar-refractivity contribution is 0.0962. The van der Waals surface area contributed by atoms with Crippen LogP contribution in [0.15, 0.2) is 48.5 Å². The van der Waals surface area contributed by atoms with E-state index in [0.717, 1.165) is 24.4 Å². The third kappa shape index (κ3) is 2.84. The van der Waals surface area contributed by atoms with Gasteiger partial charge in [0.1, 0.15) is 12.4 Å². The molecule has 0 saturated carbocycles. The largest absolute Gasteiger partial charge is 0.491 e. The number of benzene rings is 2. The van der Waals surface area contributed by atoms with Crippen LogP contribution in [-0.4, -0.2) is 26.1 Å². The first kappa shape index (κ1) is 13.5. The predicted octanol–water partition coefficient (Wildman–Crippen LogP) is 2.45. The van der Waals surface area contributed by atoms with Crippen LogP contribution in [0.25, 0.3) is 0 Å². The van der Waals surface area contributed by atoms with Gasteiger partial charge in [0.2, 0.25) is 0 Å². The summed E-state index contributed by atoms with van der Waals surface area (Å²) in [6.45, 7) is 2.22. The maximum atomic E-state index is 11.7. The van der Waals surface area contributed by atoms with Crippen LogP contribution in [0.1, 0.15) is 15.9 Å². The average Bonchev–Trinajstić information content (AvgIpc) is 2.76. The van der Waals surface area contributed by atoms with E-state index in [4.69, 9.17) is 4.74 Å². The van der Waals surface area contributed by atoms with Crippen LogP contribution >= 0.6 is 0 Å². The highest BCUT2D eigenvalue weighted by Gasteiger charge is 2.17. The average molecular weight is 282 g/mol. The van der Waals surface area contributed by atoms with Gasteiger partial charge < -0.3 is 15.0 Å². The van der Waals surface area contributed by atoms with E-state index in [1.165, 1.54) is 5.69 Å². The Hall–Kier alpha value is -2.49. The Kier molecular flexibility index (Phi) is 3.77. The molecule has 0 bridgehead atoms. The van der Waals surface area contributed by atoms with Gasteiger partial charge in [-0.15, -0.1) is 0 Å². The number of hydrogen-bond donors (Lipinski definition) is 1. The molecule has 0 atom stereocenters. The normalized spacial score (nSPS) is 13.9. The van der Waals surface area contributed by atoms with E-state index < -0.39 is 0 Å². The Morgan fingerprint density at radius 2 is 2.00 bits per heavy atom. The van der Waals surface area contributed by atoms with Crippen molar-refractivity contribution < 1.29 is 9.53 Å². The van der Waals surface area contributed by atoms with Gasteiger partial charge in [-0.1, -0.05) is 24.3 Å². The number of carbonyl (C=O) groups excluding carboxylic acids is 1. The zero-order valence-electron chi connectivity index (χ0n) is 12.0. The van der Waals surface area contributed by atoms with Crippen molar-refractivity contribution in [1.82, 2.24) is 5.32 Å². The molecule has 0 radical (unpaired) electrons. The third-order valence-corrected chi connectivity index (χ3v) is 3.66. The highest BCUT2D eigenvalue weighted by Crippen LogP contribution is 2.27. The van der Waals surface area contributed by atoms with Gasteiger partial charge in [0.25, 0.3) is 5.91 Å². The summed E-state index contributed by atoms with van der Waals surface area (Å²) in [5.74, 6) is 0.708. The summed E-state index contributed by atoms with van der Waals surface area (Å²) < 4.78 is 5.81. The van der Waals surface area contributed by atoms with Gasteiger partial charge in [0.15, 0.2) is 0 Å². The quantitative estimate of drug-likeness (QED) is 0.920. The van der Waals surface area contributed by atoms with Gasteiger partial charge in [-0.05, 0) is 24.3 Å². The van der Waals surface area contributed by atoms with Crippen molar-refractivity contribution in [1.29, 1.82) is 0 Å². The van der Waals surface area contributed by atoms with Crippen molar-refractivity contribution in [2.45, 2.75) is 6.54 Å². The van der Waals surface area contributed by atoms with Crippen LogP contribution in [0, 0.1) is 0 Å². The van der Waals surface area contributed by atoms with E-state index in [2.05, 4.69) is 22.3 Å². The van der Waals surface area contributed by atoms with Crippen molar-refractivity contribution in [3.05, 3.63) is 59.7 Å². The van der Waals surface area contributed by atoms with Gasteiger partial charge in [0, 0.05) is 30.4 Å². The number of ether oxygens (including phenoxy) is 1. The fourth-order valence-electron chi connectivity index (χ4n) is 2.51. The Morgan fingerprint density at radius 1 is 1.19 bits per heavy atom. The molecule has 2 aromatic carbocycles. The van der Waals surface area contributed by atoms with E-state index in [1.54, 1.807) is 7.05 Å². The van der Waals surface area contributed by atoms with E-state index in [1.807, 2.05) is 36.4 Å². The van der Waals surface area contributed by atoms with E-state index in [9.17, 15) is 4.79 Å². The number of nitrogens with zero attached hydrogens (tertiary/aromatic N) is 1. The Bertz CT molecular complexity index is 640. The van der Waals surface area contributed by atoms with Crippen LogP contribution in [0.3, 0.4) is 0 Å². The molecular weight excluding hydrogens is 264 g/mol. The van der Waals surface area contributed by atoms with E-state index >= 15 is 0 Å². The first-order chi connectivity index (χ1) is 10.3. The van der Waals surface area contributed by atoms with E-state index in [0.29, 0.717) is 12.2 Å². The predicted molar refractivity (Wildman–Crippen MR) is 82.8 cm³/mol. The molecule has 1 aliphatic heterocycles. The molecular formula is C17H18N2O2. The molecule has 0 spiro atoms. The van der Waals surface area contributed by atoms with Crippen molar-refractivity contribution in [3.8, 4) is 5.75 Å². The standard InChI is InChI=1S/C17H18N2O2/c1-18-17(20)13-7-8-14-12-19(9-10-21-16(14)11-13)15-5-3-2-4-6-15/h2-8,11H,9-10,12H2,1H3,(H,18,20). The number of para-hydroxylation sites is 1. The second-order valence-electron chi connectivity index (χ2n) is 5.01. The molecule has 0 saturated heterocycles. The molecule has 4 nitrogen and oxygen atoms in total. The maximum absolute atomic E-state index is 11.7. The van der Waals surface area contributed by atoms with Crippen LogP contribution in [0.5, 0.6) is 5.75 Å². The van der Waals surface area contributed by atoms with E-state index in [-0.39, 0.29) is 5.91 Å². The Morgan fingerprint density at radius 3 is 2.76 bits per heavy atom. The lowest BCUT2D eigenvalue weighted by Crippen LogP contribution is -2.25. The molecule has 0 fully saturated rings. The van der Waals surface area contributed by atoms with Gasteiger partial charge in [-0.25, -0.2) is 0 Å². The number of rotatable bonds is 2. The number of amides is 1. The molecule has 108 valence electrons. The summed E-state index contributed by atoms with van der Waals surface area (Å²) in [7, 11) is 1.63. The summed E-state index contributed by atoms with van der Waals surface area (Å²) in [5.41, 5.74) is 2.91. The summed E-state index contributed by atoms with van der Waals surface area (Å²) in [6, 6.07) is 15.9.